The van der Waals surface area contributed by atoms with Crippen molar-refractivity contribution in [3.63, 3.8) is 0 Å². The van der Waals surface area contributed by atoms with Crippen LogP contribution in [0.2, 0.25) is 0 Å². The van der Waals surface area contributed by atoms with Gasteiger partial charge in [0.05, 0.1) is 33.1 Å². The van der Waals surface area contributed by atoms with Crippen molar-refractivity contribution in [2.24, 2.45) is 0 Å². The highest BCUT2D eigenvalue weighted by atomic mass is 15.0. The highest BCUT2D eigenvalue weighted by Crippen LogP contribution is 2.41. The van der Waals surface area contributed by atoms with Crippen molar-refractivity contribution in [3.05, 3.63) is 224 Å². The van der Waals surface area contributed by atoms with E-state index in [9.17, 15) is 0 Å². The zero-order chi connectivity index (χ0) is 40.0. The number of hydrogen-bond acceptors (Lipinski definition) is 0. The summed E-state index contributed by atoms with van der Waals surface area (Å²) in [6, 6.07) is 82.3. The highest BCUT2D eigenvalue weighted by molar-refractivity contribution is 6.14. The lowest BCUT2D eigenvalue weighted by molar-refractivity contribution is 1.18. The van der Waals surface area contributed by atoms with Gasteiger partial charge in [0.25, 0.3) is 0 Å². The molecule has 0 aliphatic heterocycles. The summed E-state index contributed by atoms with van der Waals surface area (Å²) in [5.74, 6) is 0. The van der Waals surface area contributed by atoms with E-state index in [1.54, 1.807) is 0 Å². The second-order valence-electron chi connectivity index (χ2n) is 16.2. The Labute approximate surface area is 352 Å². The third kappa shape index (κ3) is 5.17. The zero-order valence-corrected chi connectivity index (χ0v) is 33.2. The minimum absolute atomic E-state index is 1.16. The van der Waals surface area contributed by atoms with Crippen LogP contribution in [0.25, 0.3) is 116 Å². The Kier molecular flexibility index (Phi) is 7.31. The molecule has 0 unspecified atom stereocenters. The molecule has 3 nitrogen and oxygen atoms in total. The van der Waals surface area contributed by atoms with Crippen LogP contribution in [0, 0.1) is 0 Å². The summed E-state index contributed by atoms with van der Waals surface area (Å²) >= 11 is 0. The summed E-state index contributed by atoms with van der Waals surface area (Å²) in [5.41, 5.74) is 15.5. The fourth-order valence-corrected chi connectivity index (χ4v) is 9.99. The molecule has 3 heterocycles. The predicted molar refractivity (Wildman–Crippen MR) is 258 cm³/mol. The Balaban J connectivity index is 1.02. The van der Waals surface area contributed by atoms with Crippen molar-refractivity contribution < 1.29 is 0 Å². The number of fused-ring (bicyclic) bond motifs is 10. The van der Waals surface area contributed by atoms with Gasteiger partial charge in [0.15, 0.2) is 0 Å². The van der Waals surface area contributed by atoms with Crippen LogP contribution in [0.15, 0.2) is 224 Å². The molecule has 3 aromatic heterocycles. The third-order valence-corrected chi connectivity index (χ3v) is 12.8. The van der Waals surface area contributed by atoms with E-state index >= 15 is 0 Å². The number of rotatable bonds is 5. The zero-order valence-electron chi connectivity index (χ0n) is 33.2. The molecule has 0 aliphatic rings. The van der Waals surface area contributed by atoms with Crippen LogP contribution in [-0.2, 0) is 0 Å². The lowest BCUT2D eigenvalue weighted by atomic mass is 9.98. The summed E-state index contributed by atoms with van der Waals surface area (Å²) in [4.78, 5) is 0. The molecule has 10 aromatic carbocycles. The standard InChI is InChI=1S/C58H37N3/c1-3-15-44(16-4-1)59-53-21-11-9-19-47(53)49-34-40(24-29-55(49)59)42-26-31-57-51(36-42)52-37-43(27-32-58(52)61(57)46-28-23-38-13-7-8-14-39(38)33-46)41-25-30-56-50(35-41)48-20-10-12-22-54(48)60(56)45-17-5-2-6-18-45/h1-37H. The molecule has 0 atom stereocenters. The van der Waals surface area contributed by atoms with Crippen LogP contribution >= 0.6 is 0 Å². The van der Waals surface area contributed by atoms with Crippen LogP contribution in [0.5, 0.6) is 0 Å². The number of nitrogens with zero attached hydrogens (tertiary/aromatic N) is 3. The maximum absolute atomic E-state index is 2.44. The molecule has 0 fully saturated rings. The van der Waals surface area contributed by atoms with Crippen LogP contribution in [0.3, 0.4) is 0 Å². The first kappa shape index (κ1) is 33.8. The molecular formula is C58H37N3. The number of benzene rings is 10. The summed E-state index contributed by atoms with van der Waals surface area (Å²) < 4.78 is 7.21. The van der Waals surface area contributed by atoms with Gasteiger partial charge in [0, 0.05) is 49.4 Å². The average Bonchev–Trinajstić information content (AvgIpc) is 3.96. The first-order valence-corrected chi connectivity index (χ1v) is 21.0. The molecule has 0 aliphatic carbocycles. The average molecular weight is 776 g/mol. The van der Waals surface area contributed by atoms with Crippen molar-refractivity contribution in [1.29, 1.82) is 0 Å². The summed E-state index contributed by atoms with van der Waals surface area (Å²) in [5, 5.41) is 9.95. The SMILES string of the molecule is c1ccc(-n2c3ccccc3c3cc(-c4ccc5c(c4)c4cc(-c6ccc7c(c6)c6ccccc6n7-c6ccccc6)ccc4n5-c4ccc5ccccc5c4)ccc32)cc1. The van der Waals surface area contributed by atoms with E-state index in [0.29, 0.717) is 0 Å². The number of aromatic nitrogens is 3. The van der Waals surface area contributed by atoms with Gasteiger partial charge in [-0.3, -0.25) is 0 Å². The molecule has 13 aromatic rings. The van der Waals surface area contributed by atoms with E-state index in [1.807, 2.05) is 0 Å². The minimum Gasteiger partial charge on any atom is -0.309 e. The van der Waals surface area contributed by atoms with Crippen LogP contribution in [-0.4, -0.2) is 13.7 Å². The highest BCUT2D eigenvalue weighted by Gasteiger charge is 2.18. The fraction of sp³-hybridized carbons (Fsp3) is 0. The van der Waals surface area contributed by atoms with E-state index in [0.717, 1.165) is 5.69 Å². The second kappa shape index (κ2) is 13.2. The van der Waals surface area contributed by atoms with Crippen LogP contribution in [0.1, 0.15) is 0 Å². The lowest BCUT2D eigenvalue weighted by Gasteiger charge is -2.11. The van der Waals surface area contributed by atoms with Gasteiger partial charge in [-0.2, -0.15) is 0 Å². The Morgan fingerprint density at radius 3 is 1.00 bits per heavy atom. The molecule has 0 N–H and O–H groups in total. The van der Waals surface area contributed by atoms with Crippen LogP contribution in [0.4, 0.5) is 0 Å². The first-order valence-electron chi connectivity index (χ1n) is 21.0. The van der Waals surface area contributed by atoms with Gasteiger partial charge in [0.2, 0.25) is 0 Å². The monoisotopic (exact) mass is 775 g/mol. The topological polar surface area (TPSA) is 14.8 Å². The maximum atomic E-state index is 2.44. The molecule has 0 saturated carbocycles. The van der Waals surface area contributed by atoms with Gasteiger partial charge < -0.3 is 13.7 Å². The summed E-state index contributed by atoms with van der Waals surface area (Å²) in [7, 11) is 0. The molecule has 3 heteroatoms. The van der Waals surface area contributed by atoms with Gasteiger partial charge >= 0.3 is 0 Å². The van der Waals surface area contributed by atoms with Gasteiger partial charge in [-0.15, -0.1) is 0 Å². The van der Waals surface area contributed by atoms with Crippen molar-refractivity contribution >= 4 is 76.2 Å². The molecule has 0 bridgehead atoms. The largest absolute Gasteiger partial charge is 0.309 e. The molecule has 284 valence electrons. The molecule has 13 rings (SSSR count). The van der Waals surface area contributed by atoms with Crippen molar-refractivity contribution in [2.45, 2.75) is 0 Å². The summed E-state index contributed by atoms with van der Waals surface area (Å²) in [6.07, 6.45) is 0. The van der Waals surface area contributed by atoms with E-state index in [4.69, 9.17) is 0 Å². The fourth-order valence-electron chi connectivity index (χ4n) is 9.99. The Bertz CT molecular complexity index is 3650. The smallest absolute Gasteiger partial charge is 0.0541 e. The lowest BCUT2D eigenvalue weighted by Crippen LogP contribution is -1.94. The van der Waals surface area contributed by atoms with Crippen molar-refractivity contribution in [3.8, 4) is 39.3 Å². The molecule has 61 heavy (non-hydrogen) atoms. The Morgan fingerprint density at radius 2 is 0.541 bits per heavy atom. The van der Waals surface area contributed by atoms with Crippen molar-refractivity contribution in [2.75, 3.05) is 0 Å². The van der Waals surface area contributed by atoms with E-state index in [2.05, 4.69) is 238 Å². The molecular weight excluding hydrogens is 739 g/mol. The van der Waals surface area contributed by atoms with E-state index in [-0.39, 0.29) is 0 Å². The maximum Gasteiger partial charge on any atom is 0.0541 e. The van der Waals surface area contributed by atoms with Gasteiger partial charge in [0.1, 0.15) is 0 Å². The van der Waals surface area contributed by atoms with Gasteiger partial charge in [-0.1, -0.05) is 127 Å². The second-order valence-corrected chi connectivity index (χ2v) is 16.2. The Morgan fingerprint density at radius 1 is 0.197 bits per heavy atom. The van der Waals surface area contributed by atoms with Gasteiger partial charge in [-0.25, -0.2) is 0 Å². The minimum atomic E-state index is 1.16. The molecule has 0 radical (unpaired) electrons. The molecule has 0 amide bonds. The Hall–Kier alpha value is -8.14. The number of para-hydroxylation sites is 4. The first-order chi connectivity index (χ1) is 30.2. The van der Waals surface area contributed by atoms with E-state index in [1.165, 1.54) is 110 Å². The van der Waals surface area contributed by atoms with E-state index < -0.39 is 0 Å². The predicted octanol–water partition coefficient (Wildman–Crippen LogP) is 15.5. The summed E-state index contributed by atoms with van der Waals surface area (Å²) in [6.45, 7) is 0. The third-order valence-electron chi connectivity index (χ3n) is 12.8. The molecule has 0 saturated heterocycles. The normalized spacial score (nSPS) is 11.9. The van der Waals surface area contributed by atoms with Gasteiger partial charge in [-0.05, 0) is 130 Å². The number of hydrogen-bond donors (Lipinski definition) is 0. The van der Waals surface area contributed by atoms with Crippen molar-refractivity contribution in [1.82, 2.24) is 13.7 Å². The van der Waals surface area contributed by atoms with Crippen LogP contribution < -0.4 is 0 Å². The molecule has 0 spiro atoms. The quantitative estimate of drug-likeness (QED) is 0.165.